The molecule has 0 spiro atoms. The number of amides is 2. The largest absolute Gasteiger partial charge is 0.486 e. The van der Waals surface area contributed by atoms with E-state index in [1.807, 2.05) is 32.0 Å². The van der Waals surface area contributed by atoms with Crippen LogP contribution in [0.5, 0.6) is 11.5 Å². The lowest BCUT2D eigenvalue weighted by Crippen LogP contribution is -2.40. The van der Waals surface area contributed by atoms with Crippen molar-refractivity contribution >= 4 is 23.5 Å². The molecule has 3 rings (SSSR count). The Bertz CT molecular complexity index is 968. The molecule has 1 unspecified atom stereocenters. The van der Waals surface area contributed by atoms with Crippen LogP contribution in [0, 0.1) is 13.8 Å². The minimum atomic E-state index is -1.03. The predicted octanol–water partition coefficient (Wildman–Crippen LogP) is 2.30. The van der Waals surface area contributed by atoms with Crippen molar-refractivity contribution in [1.29, 1.82) is 0 Å². The van der Waals surface area contributed by atoms with Crippen LogP contribution in [0.4, 0.5) is 5.69 Å². The number of nitrogens with one attached hydrogen (secondary N) is 2. The smallest absolute Gasteiger partial charge is 0.311 e. The lowest BCUT2D eigenvalue weighted by atomic mass is 10.1. The third-order valence-electron chi connectivity index (χ3n) is 4.80. The summed E-state index contributed by atoms with van der Waals surface area (Å²) < 4.78 is 16.1. The summed E-state index contributed by atoms with van der Waals surface area (Å²) in [5.74, 6) is -0.250. The molecular weight excluding hydrogens is 400 g/mol. The van der Waals surface area contributed by atoms with Crippen LogP contribution in [-0.4, -0.2) is 43.6 Å². The van der Waals surface area contributed by atoms with E-state index in [4.69, 9.17) is 14.2 Å². The van der Waals surface area contributed by atoms with Gasteiger partial charge in [-0.1, -0.05) is 24.3 Å². The molecule has 8 heteroatoms. The molecule has 1 heterocycles. The van der Waals surface area contributed by atoms with Crippen LogP contribution in [0.25, 0.3) is 0 Å². The van der Waals surface area contributed by atoms with Gasteiger partial charge in [0.1, 0.15) is 13.2 Å². The number of rotatable bonds is 7. The molecule has 0 radical (unpaired) electrons. The average Bonchev–Trinajstić information content (AvgIpc) is 2.74. The Hall–Kier alpha value is -3.55. The summed E-state index contributed by atoms with van der Waals surface area (Å²) in [5.41, 5.74) is 3.28. The second-order valence-corrected chi connectivity index (χ2v) is 7.32. The van der Waals surface area contributed by atoms with E-state index in [0.29, 0.717) is 30.3 Å². The van der Waals surface area contributed by atoms with Gasteiger partial charge in [-0.3, -0.25) is 14.4 Å². The van der Waals surface area contributed by atoms with Gasteiger partial charge in [0.15, 0.2) is 17.6 Å². The number of hydrogen-bond donors (Lipinski definition) is 2. The first-order chi connectivity index (χ1) is 14.8. The van der Waals surface area contributed by atoms with Gasteiger partial charge in [0.25, 0.3) is 5.91 Å². The van der Waals surface area contributed by atoms with Gasteiger partial charge in [-0.05, 0) is 49.6 Å². The highest BCUT2D eigenvalue weighted by atomic mass is 16.6. The number of benzene rings is 2. The van der Waals surface area contributed by atoms with Gasteiger partial charge in [0.2, 0.25) is 5.91 Å². The molecule has 8 nitrogen and oxygen atoms in total. The second-order valence-electron chi connectivity index (χ2n) is 7.32. The predicted molar refractivity (Wildman–Crippen MR) is 114 cm³/mol. The average molecular weight is 426 g/mol. The van der Waals surface area contributed by atoms with Crippen LogP contribution in [-0.2, 0) is 25.5 Å². The summed E-state index contributed by atoms with van der Waals surface area (Å²) in [6, 6.07) is 10.9. The molecule has 164 valence electrons. The van der Waals surface area contributed by atoms with Gasteiger partial charge in [0, 0.05) is 5.69 Å². The normalized spacial score (nSPS) is 13.1. The highest BCUT2D eigenvalue weighted by molar-refractivity contribution is 5.96. The van der Waals surface area contributed by atoms with Crippen LogP contribution >= 0.6 is 0 Å². The number of hydrogen-bond acceptors (Lipinski definition) is 6. The maximum atomic E-state index is 12.2. The number of para-hydroxylation sites is 1. The molecule has 1 aliphatic rings. The maximum Gasteiger partial charge on any atom is 0.311 e. The quantitative estimate of drug-likeness (QED) is 0.659. The highest BCUT2D eigenvalue weighted by Gasteiger charge is 2.20. The van der Waals surface area contributed by atoms with Crippen molar-refractivity contribution in [1.82, 2.24) is 5.32 Å². The molecule has 31 heavy (non-hydrogen) atoms. The monoisotopic (exact) mass is 426 g/mol. The number of fused-ring (bicyclic) bond motifs is 1. The van der Waals surface area contributed by atoms with Crippen molar-refractivity contribution in [3.05, 3.63) is 53.1 Å². The van der Waals surface area contributed by atoms with E-state index in [2.05, 4.69) is 10.6 Å². The molecule has 1 aliphatic heterocycles. The number of carbonyl (C=O) groups excluding carboxylic acids is 3. The minimum absolute atomic E-state index is 0.0126. The molecule has 2 N–H and O–H groups in total. The maximum absolute atomic E-state index is 12.2. The van der Waals surface area contributed by atoms with Gasteiger partial charge in [-0.15, -0.1) is 0 Å². The van der Waals surface area contributed by atoms with E-state index in [0.717, 1.165) is 16.8 Å². The zero-order valence-corrected chi connectivity index (χ0v) is 17.8. The van der Waals surface area contributed by atoms with Crippen molar-refractivity contribution in [2.45, 2.75) is 33.3 Å². The van der Waals surface area contributed by atoms with Gasteiger partial charge in [-0.2, -0.15) is 0 Å². The first-order valence-electron chi connectivity index (χ1n) is 10.1. The summed E-state index contributed by atoms with van der Waals surface area (Å²) in [6.07, 6.45) is -1.04. The Morgan fingerprint density at radius 1 is 1.03 bits per heavy atom. The van der Waals surface area contributed by atoms with Crippen molar-refractivity contribution < 1.29 is 28.6 Å². The van der Waals surface area contributed by atoms with E-state index in [9.17, 15) is 14.4 Å². The fourth-order valence-electron chi connectivity index (χ4n) is 3.16. The van der Waals surface area contributed by atoms with Gasteiger partial charge < -0.3 is 24.8 Å². The van der Waals surface area contributed by atoms with Crippen LogP contribution in [0.15, 0.2) is 36.4 Å². The summed E-state index contributed by atoms with van der Waals surface area (Å²) in [6.45, 7) is 5.96. The third-order valence-corrected chi connectivity index (χ3v) is 4.80. The molecule has 0 aliphatic carbocycles. The van der Waals surface area contributed by atoms with Crippen LogP contribution in [0.3, 0.4) is 0 Å². The zero-order valence-electron chi connectivity index (χ0n) is 17.8. The number of aryl methyl sites for hydroxylation is 2. The zero-order chi connectivity index (χ0) is 22.4. The van der Waals surface area contributed by atoms with Crippen LogP contribution < -0.4 is 20.1 Å². The molecule has 0 fully saturated rings. The van der Waals surface area contributed by atoms with Gasteiger partial charge >= 0.3 is 5.97 Å². The molecule has 2 aromatic rings. The van der Waals surface area contributed by atoms with E-state index < -0.39 is 18.0 Å². The summed E-state index contributed by atoms with van der Waals surface area (Å²) in [4.78, 5) is 36.6. The fraction of sp³-hybridized carbons (Fsp3) is 0.348. The highest BCUT2D eigenvalue weighted by Crippen LogP contribution is 2.30. The van der Waals surface area contributed by atoms with E-state index in [-0.39, 0.29) is 18.9 Å². The molecular formula is C23H26N2O6. The SMILES string of the molecule is Cc1cccc(C)c1NC(=O)CNC(=O)C(C)OC(=O)Cc1ccc2c(c1)OCCO2. The third kappa shape index (κ3) is 5.97. The first-order valence-corrected chi connectivity index (χ1v) is 10.1. The molecule has 0 bridgehead atoms. The minimum Gasteiger partial charge on any atom is -0.486 e. The molecule has 1 atom stereocenters. The van der Waals surface area contributed by atoms with Crippen molar-refractivity contribution in [2.75, 3.05) is 25.1 Å². The fourth-order valence-corrected chi connectivity index (χ4v) is 3.16. The first kappa shape index (κ1) is 22.1. The summed E-state index contributed by atoms with van der Waals surface area (Å²) >= 11 is 0. The molecule has 0 saturated carbocycles. The lowest BCUT2D eigenvalue weighted by molar-refractivity contribution is -0.154. The Balaban J connectivity index is 1.45. The van der Waals surface area contributed by atoms with Crippen molar-refractivity contribution in [3.8, 4) is 11.5 Å². The standard InChI is InChI=1S/C23H26N2O6/c1-14-5-4-6-15(2)22(14)25-20(26)13-24-23(28)16(3)31-21(27)12-17-7-8-18-19(11-17)30-10-9-29-18/h4-8,11,16H,9-10,12-13H2,1-3H3,(H,24,28)(H,25,26). The topological polar surface area (TPSA) is 103 Å². The van der Waals surface area contributed by atoms with Gasteiger partial charge in [-0.25, -0.2) is 0 Å². The van der Waals surface area contributed by atoms with E-state index in [1.165, 1.54) is 6.92 Å². The summed E-state index contributed by atoms with van der Waals surface area (Å²) in [7, 11) is 0. The number of esters is 1. The second kappa shape index (κ2) is 9.97. The Kier molecular flexibility index (Phi) is 7.12. The Labute approximate surface area is 180 Å². The van der Waals surface area contributed by atoms with Crippen LogP contribution in [0.2, 0.25) is 0 Å². The molecule has 0 aromatic heterocycles. The van der Waals surface area contributed by atoms with E-state index >= 15 is 0 Å². The van der Waals surface area contributed by atoms with Crippen molar-refractivity contribution in [2.24, 2.45) is 0 Å². The molecule has 2 aromatic carbocycles. The molecule has 0 saturated heterocycles. The number of carbonyl (C=O) groups is 3. The van der Waals surface area contributed by atoms with Crippen molar-refractivity contribution in [3.63, 3.8) is 0 Å². The number of ether oxygens (including phenoxy) is 3. The van der Waals surface area contributed by atoms with Gasteiger partial charge in [0.05, 0.1) is 13.0 Å². The Morgan fingerprint density at radius 3 is 2.42 bits per heavy atom. The Morgan fingerprint density at radius 2 is 1.71 bits per heavy atom. The molecule has 2 amide bonds. The lowest BCUT2D eigenvalue weighted by Gasteiger charge is -2.19. The number of anilines is 1. The van der Waals surface area contributed by atoms with Crippen LogP contribution in [0.1, 0.15) is 23.6 Å². The van der Waals surface area contributed by atoms with E-state index in [1.54, 1.807) is 18.2 Å². The summed E-state index contributed by atoms with van der Waals surface area (Å²) in [5, 5.41) is 5.27.